The minimum absolute atomic E-state index is 0.0677. The van der Waals surface area contributed by atoms with Gasteiger partial charge in [0.2, 0.25) is 0 Å². The van der Waals surface area contributed by atoms with Crippen molar-refractivity contribution in [2.24, 2.45) is 46.3 Å². The summed E-state index contributed by atoms with van der Waals surface area (Å²) in [5.41, 5.74) is 0.502. The van der Waals surface area contributed by atoms with Crippen LogP contribution in [0.2, 0.25) is 0 Å². The fourth-order valence-corrected chi connectivity index (χ4v) is 13.5. The zero-order valence-electron chi connectivity index (χ0n) is 37.4. The Morgan fingerprint density at radius 1 is 0.750 bits per heavy atom. The third-order valence-electron chi connectivity index (χ3n) is 17.5. The van der Waals surface area contributed by atoms with E-state index in [1.54, 1.807) is 0 Å². The van der Waals surface area contributed by atoms with E-state index in [1.165, 1.54) is 6.92 Å². The molecule has 4 aliphatic heterocycles. The highest BCUT2D eigenvalue weighted by Gasteiger charge is 2.68. The second kappa shape index (κ2) is 18.7. The third kappa shape index (κ3) is 8.36. The molecule has 0 bridgehead atoms. The number of hydrogen-bond donors (Lipinski definition) is 12. The summed E-state index contributed by atoms with van der Waals surface area (Å²) in [6.45, 7) is 8.88. The molecule has 12 N–H and O–H groups in total. The van der Waals surface area contributed by atoms with Crippen molar-refractivity contribution in [3.8, 4) is 0 Å². The van der Waals surface area contributed by atoms with Crippen molar-refractivity contribution in [1.82, 2.24) is 0 Å². The zero-order valence-corrected chi connectivity index (χ0v) is 37.4. The van der Waals surface area contributed by atoms with Gasteiger partial charge >= 0.3 is 0 Å². The SMILES string of the molecule is CC(CCC1(O)OC2CC3C4CC=C5CC(OC6OC(CO)C(O)C(O)C6O)CC(O)C5(C)C4CCC3(C)C2C1C)COC1OC(CO)C(O)C(O)C1OC1OC(C)C(O)C(O)C1O. The highest BCUT2D eigenvalue weighted by molar-refractivity contribution is 5.28. The van der Waals surface area contributed by atoms with E-state index in [9.17, 15) is 61.3 Å². The Kier molecular flexibility index (Phi) is 14.4. The molecular formula is C45H74O19. The first-order valence-electron chi connectivity index (χ1n) is 23.5. The van der Waals surface area contributed by atoms with Crippen LogP contribution in [-0.2, 0) is 33.2 Å². The van der Waals surface area contributed by atoms with E-state index in [0.29, 0.717) is 37.5 Å². The maximum Gasteiger partial charge on any atom is 0.187 e. The number of hydrogen-bond acceptors (Lipinski definition) is 19. The number of allylic oxidation sites excluding steroid dienone is 1. The van der Waals surface area contributed by atoms with Gasteiger partial charge < -0.3 is 94.4 Å². The van der Waals surface area contributed by atoms with E-state index in [1.807, 2.05) is 6.92 Å². The Balaban J connectivity index is 0.875. The minimum atomic E-state index is -1.68. The fraction of sp³-hybridized carbons (Fsp3) is 0.956. The predicted molar refractivity (Wildman–Crippen MR) is 219 cm³/mol. The van der Waals surface area contributed by atoms with Crippen molar-refractivity contribution >= 4 is 0 Å². The molecule has 19 nitrogen and oxygen atoms in total. The molecule has 19 heteroatoms. The third-order valence-corrected chi connectivity index (χ3v) is 17.5. The Labute approximate surface area is 373 Å². The maximum absolute atomic E-state index is 12.2. The molecule has 7 fully saturated rings. The van der Waals surface area contributed by atoms with Crippen molar-refractivity contribution in [2.45, 2.75) is 202 Å². The Morgan fingerprint density at radius 3 is 2.05 bits per heavy atom. The topological polar surface area (TPSA) is 307 Å². The summed E-state index contributed by atoms with van der Waals surface area (Å²) in [7, 11) is 0. The van der Waals surface area contributed by atoms with Gasteiger partial charge in [-0.3, -0.25) is 0 Å². The molecule has 368 valence electrons. The maximum atomic E-state index is 12.2. The first kappa shape index (κ1) is 49.4. The van der Waals surface area contributed by atoms with E-state index in [0.717, 1.165) is 31.3 Å². The van der Waals surface area contributed by atoms with E-state index in [2.05, 4.69) is 26.8 Å². The van der Waals surface area contributed by atoms with Crippen LogP contribution in [0.25, 0.3) is 0 Å². The largest absolute Gasteiger partial charge is 0.394 e. The van der Waals surface area contributed by atoms with Crippen LogP contribution >= 0.6 is 0 Å². The number of aliphatic hydroxyl groups excluding tert-OH is 11. The van der Waals surface area contributed by atoms with Gasteiger partial charge in [0.15, 0.2) is 24.7 Å². The zero-order chi connectivity index (χ0) is 46.4. The lowest BCUT2D eigenvalue weighted by Crippen LogP contribution is -2.64. The molecule has 0 spiro atoms. The summed E-state index contributed by atoms with van der Waals surface area (Å²) in [6, 6.07) is 0. The van der Waals surface area contributed by atoms with Crippen LogP contribution in [0.3, 0.4) is 0 Å². The van der Waals surface area contributed by atoms with Gasteiger partial charge in [-0.25, -0.2) is 0 Å². The number of fused-ring (bicyclic) bond motifs is 7. The van der Waals surface area contributed by atoms with Gasteiger partial charge in [-0.05, 0) is 80.5 Å². The van der Waals surface area contributed by atoms with Gasteiger partial charge in [0.1, 0.15) is 67.1 Å². The Bertz CT molecular complexity index is 1640. The standard InChI is InChI=1S/C45H74O19/c1-18(17-58-42-39(36(54)33(51)28(16-47)62-42)63-40-37(55)34(52)31(49)20(3)59-40)8-11-45(57)19(2)30-26(64-45)14-25-23-7-6-21-12-22(60-41-38(56)35(53)32(50)27(15-46)61-41)13-29(48)44(21,5)24(23)9-10-43(25,30)4/h6,18-20,22-42,46-57H,7-17H2,1-5H3. The van der Waals surface area contributed by atoms with Gasteiger partial charge in [-0.1, -0.05) is 39.3 Å². The van der Waals surface area contributed by atoms with Crippen LogP contribution in [0.4, 0.5) is 0 Å². The van der Waals surface area contributed by atoms with E-state index in [-0.39, 0.29) is 41.8 Å². The molecule has 0 amide bonds. The van der Waals surface area contributed by atoms with Crippen LogP contribution in [-0.4, -0.2) is 197 Å². The van der Waals surface area contributed by atoms with E-state index < -0.39 is 129 Å². The molecule has 4 saturated heterocycles. The summed E-state index contributed by atoms with van der Waals surface area (Å²) in [5.74, 6) is -0.807. The summed E-state index contributed by atoms with van der Waals surface area (Å²) < 4.78 is 41.7. The van der Waals surface area contributed by atoms with E-state index >= 15 is 0 Å². The predicted octanol–water partition coefficient (Wildman–Crippen LogP) is -1.86. The van der Waals surface area contributed by atoms with Crippen molar-refractivity contribution in [3.05, 3.63) is 11.6 Å². The Hall–Kier alpha value is -1.02. The van der Waals surface area contributed by atoms with Crippen LogP contribution in [0.15, 0.2) is 11.6 Å². The lowest BCUT2D eigenvalue weighted by atomic mass is 9.46. The molecule has 27 unspecified atom stereocenters. The average Bonchev–Trinajstić information content (AvgIpc) is 3.70. The van der Waals surface area contributed by atoms with Gasteiger partial charge in [0.25, 0.3) is 0 Å². The summed E-state index contributed by atoms with van der Waals surface area (Å²) in [5, 5.41) is 127. The van der Waals surface area contributed by atoms with Crippen molar-refractivity contribution in [1.29, 1.82) is 0 Å². The summed E-state index contributed by atoms with van der Waals surface area (Å²) >= 11 is 0. The molecule has 27 atom stereocenters. The monoisotopic (exact) mass is 918 g/mol. The normalized spacial score (nSPS) is 55.5. The smallest absolute Gasteiger partial charge is 0.187 e. The summed E-state index contributed by atoms with van der Waals surface area (Å²) in [6.07, 6.45) is -15.2. The van der Waals surface area contributed by atoms with Crippen molar-refractivity contribution in [2.75, 3.05) is 19.8 Å². The van der Waals surface area contributed by atoms with Crippen LogP contribution in [0.1, 0.15) is 86.0 Å². The molecule has 0 radical (unpaired) electrons. The lowest BCUT2D eigenvalue weighted by Gasteiger charge is -2.60. The highest BCUT2D eigenvalue weighted by Crippen LogP contribution is 2.70. The molecule has 8 aliphatic rings. The van der Waals surface area contributed by atoms with Crippen LogP contribution in [0.5, 0.6) is 0 Å². The molecule has 0 aromatic rings. The van der Waals surface area contributed by atoms with Gasteiger partial charge in [-0.15, -0.1) is 0 Å². The van der Waals surface area contributed by atoms with Gasteiger partial charge in [-0.2, -0.15) is 0 Å². The van der Waals surface area contributed by atoms with E-state index in [4.69, 9.17) is 33.2 Å². The van der Waals surface area contributed by atoms with Gasteiger partial charge in [0, 0.05) is 24.2 Å². The van der Waals surface area contributed by atoms with Gasteiger partial charge in [0.05, 0.1) is 44.2 Å². The first-order valence-corrected chi connectivity index (χ1v) is 23.5. The van der Waals surface area contributed by atoms with Crippen LogP contribution in [0, 0.1) is 46.3 Å². The second-order valence-electron chi connectivity index (χ2n) is 21.1. The van der Waals surface area contributed by atoms with Crippen molar-refractivity contribution in [3.63, 3.8) is 0 Å². The highest BCUT2D eigenvalue weighted by atomic mass is 16.8. The lowest BCUT2D eigenvalue weighted by molar-refractivity contribution is -0.365. The molecule has 64 heavy (non-hydrogen) atoms. The molecule has 0 aromatic carbocycles. The molecule has 3 saturated carbocycles. The molecule has 8 rings (SSSR count). The Morgan fingerprint density at radius 2 is 1.38 bits per heavy atom. The van der Waals surface area contributed by atoms with Crippen molar-refractivity contribution < 1.29 is 94.4 Å². The number of rotatable bonds is 12. The average molecular weight is 919 g/mol. The number of ether oxygens (including phenoxy) is 7. The summed E-state index contributed by atoms with van der Waals surface area (Å²) in [4.78, 5) is 0. The minimum Gasteiger partial charge on any atom is -0.394 e. The number of aliphatic hydroxyl groups is 12. The fourth-order valence-electron chi connectivity index (χ4n) is 13.5. The molecule has 0 aromatic heterocycles. The second-order valence-corrected chi connectivity index (χ2v) is 21.1. The first-order chi connectivity index (χ1) is 30.2. The van der Waals surface area contributed by atoms with Crippen LogP contribution < -0.4 is 0 Å². The molecular weight excluding hydrogens is 844 g/mol. The molecule has 4 heterocycles. The molecule has 4 aliphatic carbocycles. The quantitative estimate of drug-likeness (QED) is 0.0956.